The monoisotopic (exact) mass is 265 g/mol. The van der Waals surface area contributed by atoms with Crippen LogP contribution in [-0.2, 0) is 0 Å². The third kappa shape index (κ3) is 4.47. The van der Waals surface area contributed by atoms with Gasteiger partial charge in [-0.25, -0.2) is 0 Å². The summed E-state index contributed by atoms with van der Waals surface area (Å²) in [6.45, 7) is 0.0212. The van der Waals surface area contributed by atoms with E-state index in [1.165, 1.54) is 7.11 Å². The smallest absolute Gasteiger partial charge is 0.400 e. The minimum absolute atomic E-state index is 0.0212. The zero-order valence-corrected chi connectivity index (χ0v) is 10.1. The highest BCUT2D eigenvalue weighted by Crippen LogP contribution is 2.37. The predicted molar refractivity (Wildman–Crippen MR) is 62.4 cm³/mol. The van der Waals surface area contributed by atoms with Gasteiger partial charge >= 0.3 is 6.18 Å². The molecule has 1 aromatic rings. The van der Waals surface area contributed by atoms with Gasteiger partial charge in [0.15, 0.2) is 0 Å². The number of halogens is 3. The van der Waals surface area contributed by atoms with Gasteiger partial charge in [0.05, 0.1) is 7.11 Å². The molecule has 0 aromatic heterocycles. The fourth-order valence-electron chi connectivity index (χ4n) is 1.26. The van der Waals surface area contributed by atoms with Gasteiger partial charge in [-0.3, -0.25) is 0 Å². The molecule has 2 nitrogen and oxygen atoms in total. The Labute approximate surface area is 102 Å². The molecule has 0 saturated carbocycles. The molecule has 6 heteroatoms. The number of thioether (sulfide) groups is 1. The van der Waals surface area contributed by atoms with Gasteiger partial charge in [-0.1, -0.05) is 0 Å². The summed E-state index contributed by atoms with van der Waals surface area (Å²) < 4.78 is 42.8. The molecule has 0 aliphatic carbocycles. The van der Waals surface area contributed by atoms with E-state index in [0.717, 1.165) is 11.8 Å². The molecule has 1 rings (SSSR count). The van der Waals surface area contributed by atoms with E-state index in [9.17, 15) is 13.2 Å². The summed E-state index contributed by atoms with van der Waals surface area (Å²) in [6, 6.07) is 6.49. The summed E-state index contributed by atoms with van der Waals surface area (Å²) >= 11 is 0.779. The molecule has 0 fully saturated rings. The number of alkyl halides is 3. The number of rotatable bonds is 5. The average Bonchev–Trinajstić information content (AvgIpc) is 2.28. The fraction of sp³-hybridized carbons (Fsp3) is 0.455. The minimum Gasteiger partial charge on any atom is -0.497 e. The Balaban J connectivity index is 2.72. The Morgan fingerprint density at radius 2 is 1.88 bits per heavy atom. The summed E-state index contributed by atoms with van der Waals surface area (Å²) in [4.78, 5) is 0.557. The molecular weight excluding hydrogens is 251 g/mol. The maximum Gasteiger partial charge on any atom is 0.400 e. The van der Waals surface area contributed by atoms with Crippen LogP contribution in [0.25, 0.3) is 0 Å². The molecule has 96 valence electrons. The molecule has 2 N–H and O–H groups in total. The van der Waals surface area contributed by atoms with Crippen molar-refractivity contribution in [2.45, 2.75) is 22.7 Å². The first-order valence-corrected chi connectivity index (χ1v) is 5.93. The second-order valence-corrected chi connectivity index (χ2v) is 4.68. The van der Waals surface area contributed by atoms with Crippen molar-refractivity contribution in [3.8, 4) is 5.75 Å². The molecular formula is C11H14F3NOS. The fourth-order valence-corrected chi connectivity index (χ4v) is 2.27. The van der Waals surface area contributed by atoms with Crippen molar-refractivity contribution >= 4 is 11.8 Å². The van der Waals surface area contributed by atoms with Crippen LogP contribution in [0.3, 0.4) is 0 Å². The van der Waals surface area contributed by atoms with E-state index in [4.69, 9.17) is 10.5 Å². The van der Waals surface area contributed by atoms with Crippen LogP contribution in [0.2, 0.25) is 0 Å². The van der Waals surface area contributed by atoms with E-state index in [1.807, 2.05) is 0 Å². The standard InChI is InChI=1S/C11H14F3NOS/c1-16-8-2-4-9(5-3-8)17-10(6-7-15)11(12,13)14/h2-5,10H,6-7,15H2,1H3. The minimum atomic E-state index is -4.23. The number of methoxy groups -OCH3 is 1. The zero-order valence-electron chi connectivity index (χ0n) is 9.33. The Hall–Kier alpha value is -0.880. The lowest BCUT2D eigenvalue weighted by atomic mass is 10.3. The molecule has 0 bridgehead atoms. The third-order valence-corrected chi connectivity index (χ3v) is 3.46. The summed E-state index contributed by atoms with van der Waals surface area (Å²) in [7, 11) is 1.51. The van der Waals surface area contributed by atoms with E-state index in [0.29, 0.717) is 10.6 Å². The van der Waals surface area contributed by atoms with Gasteiger partial charge in [0, 0.05) is 4.90 Å². The topological polar surface area (TPSA) is 35.2 Å². The van der Waals surface area contributed by atoms with Crippen LogP contribution in [0, 0.1) is 0 Å². The third-order valence-electron chi connectivity index (χ3n) is 2.13. The van der Waals surface area contributed by atoms with Gasteiger partial charge in [-0.05, 0) is 37.2 Å². The molecule has 0 aliphatic rings. The largest absolute Gasteiger partial charge is 0.497 e. The van der Waals surface area contributed by atoms with Crippen LogP contribution in [-0.4, -0.2) is 25.1 Å². The Morgan fingerprint density at radius 1 is 1.29 bits per heavy atom. The van der Waals surface area contributed by atoms with Crippen LogP contribution in [0.4, 0.5) is 13.2 Å². The predicted octanol–water partition coefficient (Wildman–Crippen LogP) is 3.07. The number of hydrogen-bond donors (Lipinski definition) is 1. The highest BCUT2D eigenvalue weighted by molar-refractivity contribution is 8.00. The Kier molecular flexibility index (Phi) is 5.14. The molecule has 1 unspecified atom stereocenters. The van der Waals surface area contributed by atoms with Gasteiger partial charge in [-0.2, -0.15) is 13.2 Å². The number of ether oxygens (including phenoxy) is 1. The van der Waals surface area contributed by atoms with Gasteiger partial charge in [-0.15, -0.1) is 11.8 Å². The van der Waals surface area contributed by atoms with E-state index >= 15 is 0 Å². The van der Waals surface area contributed by atoms with Gasteiger partial charge in [0.25, 0.3) is 0 Å². The highest BCUT2D eigenvalue weighted by atomic mass is 32.2. The first-order chi connectivity index (χ1) is 7.97. The van der Waals surface area contributed by atoms with Gasteiger partial charge in [0.1, 0.15) is 11.0 Å². The molecule has 1 aromatic carbocycles. The van der Waals surface area contributed by atoms with Crippen molar-refractivity contribution in [3.63, 3.8) is 0 Å². The molecule has 0 aliphatic heterocycles. The molecule has 0 saturated heterocycles. The maximum atomic E-state index is 12.6. The molecule has 0 heterocycles. The van der Waals surface area contributed by atoms with E-state index in [-0.39, 0.29) is 13.0 Å². The number of nitrogens with two attached hydrogens (primary N) is 1. The molecule has 1 atom stereocenters. The van der Waals surface area contributed by atoms with Crippen LogP contribution < -0.4 is 10.5 Å². The van der Waals surface area contributed by atoms with Crippen LogP contribution in [0.15, 0.2) is 29.2 Å². The lowest BCUT2D eigenvalue weighted by Crippen LogP contribution is -2.28. The second-order valence-electron chi connectivity index (χ2n) is 3.40. The van der Waals surface area contributed by atoms with Crippen molar-refractivity contribution in [2.75, 3.05) is 13.7 Å². The lowest BCUT2D eigenvalue weighted by molar-refractivity contribution is -0.129. The SMILES string of the molecule is COc1ccc(SC(CCN)C(F)(F)F)cc1. The Bertz CT molecular complexity index is 340. The summed E-state index contributed by atoms with van der Waals surface area (Å²) in [5, 5.41) is -1.46. The molecule has 0 amide bonds. The van der Waals surface area contributed by atoms with Crippen LogP contribution >= 0.6 is 11.8 Å². The van der Waals surface area contributed by atoms with Crippen molar-refractivity contribution < 1.29 is 17.9 Å². The van der Waals surface area contributed by atoms with E-state index in [1.54, 1.807) is 24.3 Å². The number of benzene rings is 1. The number of hydrogen-bond acceptors (Lipinski definition) is 3. The molecule has 17 heavy (non-hydrogen) atoms. The van der Waals surface area contributed by atoms with E-state index in [2.05, 4.69) is 0 Å². The van der Waals surface area contributed by atoms with Gasteiger partial charge < -0.3 is 10.5 Å². The summed E-state index contributed by atoms with van der Waals surface area (Å²) in [5.41, 5.74) is 5.19. The van der Waals surface area contributed by atoms with Crippen LogP contribution in [0.1, 0.15) is 6.42 Å². The quantitative estimate of drug-likeness (QED) is 0.831. The van der Waals surface area contributed by atoms with Crippen molar-refractivity contribution in [2.24, 2.45) is 5.73 Å². The summed E-state index contributed by atoms with van der Waals surface area (Å²) in [6.07, 6.45) is -4.32. The molecule has 0 radical (unpaired) electrons. The first-order valence-electron chi connectivity index (χ1n) is 5.05. The zero-order chi connectivity index (χ0) is 12.9. The van der Waals surface area contributed by atoms with E-state index < -0.39 is 11.4 Å². The Morgan fingerprint density at radius 3 is 2.29 bits per heavy atom. The average molecular weight is 265 g/mol. The normalized spacial score (nSPS) is 13.5. The van der Waals surface area contributed by atoms with Crippen molar-refractivity contribution in [1.29, 1.82) is 0 Å². The van der Waals surface area contributed by atoms with Gasteiger partial charge in [0.2, 0.25) is 0 Å². The van der Waals surface area contributed by atoms with Crippen molar-refractivity contribution in [3.05, 3.63) is 24.3 Å². The maximum absolute atomic E-state index is 12.6. The summed E-state index contributed by atoms with van der Waals surface area (Å²) in [5.74, 6) is 0.622. The highest BCUT2D eigenvalue weighted by Gasteiger charge is 2.39. The molecule has 0 spiro atoms. The van der Waals surface area contributed by atoms with Crippen LogP contribution in [0.5, 0.6) is 5.75 Å². The lowest BCUT2D eigenvalue weighted by Gasteiger charge is -2.19. The second kappa shape index (κ2) is 6.16. The first kappa shape index (κ1) is 14.2. The van der Waals surface area contributed by atoms with Crippen molar-refractivity contribution in [1.82, 2.24) is 0 Å².